The molecule has 3 aliphatic carbocycles. The van der Waals surface area contributed by atoms with E-state index < -0.39 is 10.1 Å². The molecule has 1 saturated carbocycles. The third-order valence-corrected chi connectivity index (χ3v) is 10.00. The van der Waals surface area contributed by atoms with Crippen molar-refractivity contribution >= 4 is 21.0 Å². The molecule has 0 unspecified atom stereocenters. The number of hydrogen-bond donors (Lipinski definition) is 2. The molecule has 0 radical (unpaired) electrons. The van der Waals surface area contributed by atoms with E-state index >= 15 is 0 Å². The van der Waals surface area contributed by atoms with Crippen LogP contribution in [0.2, 0.25) is 0 Å². The van der Waals surface area contributed by atoms with Gasteiger partial charge in [-0.1, -0.05) is 31.2 Å². The lowest BCUT2D eigenvalue weighted by molar-refractivity contribution is -0.205. The quantitative estimate of drug-likeness (QED) is 0.438. The molecule has 8 rings (SSSR count). The second-order valence-electron chi connectivity index (χ2n) is 12.4. The number of aromatic hydroxyl groups is 1. The van der Waals surface area contributed by atoms with Gasteiger partial charge < -0.3 is 19.1 Å². The standard InChI is InChI=1S/C30H34N2O3.CH4O3S/c1-3-14-34-30-16-21-20-6-4-5-7-22(20)31(2)26(21)28-29(30)12-13-32(17-18-8-9-18)24(30)15-19-10-11-23(33)27(35-28)25(19)29;1-5(2,3)4/h4-7,10-11,18,24,28,33H,3,8-9,12-17H2,1-2H3;1H3,(H,2,3,4)/t24-,28+,29+,30-;/m1./s1. The summed E-state index contributed by atoms with van der Waals surface area (Å²) < 4.78 is 42.4. The number of hydrogen-bond acceptors (Lipinski definition) is 6. The molecule has 1 spiro atoms. The Kier molecular flexibility index (Phi) is 5.89. The SMILES string of the molecule is CCCO[C@@]12Cc3c(n(C)c4ccccc34)[C@@H]3Oc4c(O)ccc5c4[C@@]31CCN(CC1CC1)[C@@H]2C5.CS(=O)(=O)O. The van der Waals surface area contributed by atoms with Crippen LogP contribution in [0.1, 0.15) is 61.1 Å². The molecule has 3 heterocycles. The molecule has 40 heavy (non-hydrogen) atoms. The van der Waals surface area contributed by atoms with Gasteiger partial charge in [0.2, 0.25) is 0 Å². The van der Waals surface area contributed by atoms with Gasteiger partial charge in [-0.3, -0.25) is 9.45 Å². The second kappa shape index (κ2) is 8.95. The van der Waals surface area contributed by atoms with Gasteiger partial charge in [-0.2, -0.15) is 8.42 Å². The Morgan fingerprint density at radius 2 is 1.93 bits per heavy atom. The molecule has 214 valence electrons. The van der Waals surface area contributed by atoms with E-state index in [0.29, 0.717) is 18.0 Å². The van der Waals surface area contributed by atoms with Crippen molar-refractivity contribution in [3.8, 4) is 11.5 Å². The average Bonchev–Trinajstić information content (AvgIpc) is 3.59. The highest BCUT2D eigenvalue weighted by Crippen LogP contribution is 2.70. The summed E-state index contributed by atoms with van der Waals surface area (Å²) in [5.74, 6) is 1.83. The summed E-state index contributed by atoms with van der Waals surface area (Å²) in [6.07, 6.45) is 7.19. The molecule has 2 bridgehead atoms. The third kappa shape index (κ3) is 3.63. The number of para-hydroxylation sites is 1. The van der Waals surface area contributed by atoms with Gasteiger partial charge in [0.15, 0.2) is 17.6 Å². The Bertz CT molecular complexity index is 1600. The van der Waals surface area contributed by atoms with Crippen LogP contribution in [-0.2, 0) is 40.2 Å². The van der Waals surface area contributed by atoms with Crippen LogP contribution in [0.5, 0.6) is 11.5 Å². The van der Waals surface area contributed by atoms with Crippen molar-refractivity contribution in [3.05, 3.63) is 58.8 Å². The summed E-state index contributed by atoms with van der Waals surface area (Å²) in [5.41, 5.74) is 5.88. The number of nitrogens with zero attached hydrogens (tertiary/aromatic N) is 2. The highest BCUT2D eigenvalue weighted by atomic mass is 32.2. The maximum Gasteiger partial charge on any atom is 0.261 e. The number of phenolic OH excluding ortho intramolecular Hbond substituents is 1. The second-order valence-corrected chi connectivity index (χ2v) is 13.9. The number of fused-ring (bicyclic) bond motifs is 4. The maximum absolute atomic E-state index is 11.0. The molecule has 2 fully saturated rings. The van der Waals surface area contributed by atoms with Crippen molar-refractivity contribution in [2.24, 2.45) is 13.0 Å². The molecule has 3 aromatic rings. The van der Waals surface area contributed by atoms with Crippen molar-refractivity contribution in [2.75, 3.05) is 26.0 Å². The summed E-state index contributed by atoms with van der Waals surface area (Å²) >= 11 is 0. The number of aryl methyl sites for hydroxylation is 1. The van der Waals surface area contributed by atoms with E-state index in [1.54, 1.807) is 0 Å². The van der Waals surface area contributed by atoms with Crippen LogP contribution in [-0.4, -0.2) is 65.1 Å². The Balaban J connectivity index is 0.000000490. The van der Waals surface area contributed by atoms with E-state index in [-0.39, 0.29) is 22.9 Å². The number of phenols is 1. The van der Waals surface area contributed by atoms with E-state index in [9.17, 15) is 13.5 Å². The molecule has 2 aromatic carbocycles. The zero-order chi connectivity index (χ0) is 28.0. The molecule has 2 N–H and O–H groups in total. The van der Waals surface area contributed by atoms with E-state index in [1.807, 2.05) is 6.07 Å². The number of likely N-dealkylation sites (tertiary alicyclic amines) is 1. The largest absolute Gasteiger partial charge is 0.504 e. The molecule has 9 heteroatoms. The van der Waals surface area contributed by atoms with E-state index in [2.05, 4.69) is 53.8 Å². The van der Waals surface area contributed by atoms with E-state index in [1.165, 1.54) is 52.7 Å². The number of benzene rings is 2. The molecule has 1 aromatic heterocycles. The minimum Gasteiger partial charge on any atom is -0.504 e. The lowest BCUT2D eigenvalue weighted by Crippen LogP contribution is -2.75. The summed E-state index contributed by atoms with van der Waals surface area (Å²) in [5, 5.41) is 12.3. The fourth-order valence-corrected chi connectivity index (χ4v) is 8.46. The van der Waals surface area contributed by atoms with Crippen LogP contribution in [0.25, 0.3) is 10.9 Å². The first kappa shape index (κ1) is 26.3. The van der Waals surface area contributed by atoms with Gasteiger partial charge in [-0.15, -0.1) is 0 Å². The van der Waals surface area contributed by atoms with Gasteiger partial charge in [-0.25, -0.2) is 0 Å². The third-order valence-electron chi connectivity index (χ3n) is 10.00. The van der Waals surface area contributed by atoms with Crippen LogP contribution in [0.4, 0.5) is 0 Å². The van der Waals surface area contributed by atoms with Gasteiger partial charge >= 0.3 is 0 Å². The van der Waals surface area contributed by atoms with Gasteiger partial charge in [0, 0.05) is 49.1 Å². The monoisotopic (exact) mass is 566 g/mol. The van der Waals surface area contributed by atoms with E-state index in [0.717, 1.165) is 44.8 Å². The van der Waals surface area contributed by atoms with Crippen molar-refractivity contribution < 1.29 is 27.6 Å². The maximum atomic E-state index is 11.0. The zero-order valence-electron chi connectivity index (χ0n) is 23.4. The van der Waals surface area contributed by atoms with Crippen LogP contribution in [0, 0.1) is 5.92 Å². The van der Waals surface area contributed by atoms with E-state index in [4.69, 9.17) is 14.0 Å². The first-order valence-electron chi connectivity index (χ1n) is 14.5. The molecule has 4 atom stereocenters. The highest BCUT2D eigenvalue weighted by molar-refractivity contribution is 7.85. The van der Waals surface area contributed by atoms with Crippen molar-refractivity contribution in [1.82, 2.24) is 9.47 Å². The Labute approximate surface area is 235 Å². The molecule has 2 aliphatic heterocycles. The average molecular weight is 567 g/mol. The van der Waals surface area contributed by atoms with Crippen LogP contribution < -0.4 is 4.74 Å². The molecular formula is C31H38N2O6S. The Morgan fingerprint density at radius 1 is 1.18 bits per heavy atom. The van der Waals surface area contributed by atoms with Gasteiger partial charge in [0.05, 0.1) is 17.4 Å². The molecular weight excluding hydrogens is 528 g/mol. The summed E-state index contributed by atoms with van der Waals surface area (Å²) in [6.45, 7) is 5.24. The number of rotatable bonds is 5. The van der Waals surface area contributed by atoms with Gasteiger partial charge in [-0.05, 0) is 67.8 Å². The fourth-order valence-electron chi connectivity index (χ4n) is 8.46. The minimum absolute atomic E-state index is 0.145. The number of piperidine rings is 1. The van der Waals surface area contributed by atoms with Crippen molar-refractivity contribution in [1.29, 1.82) is 0 Å². The topological polar surface area (TPSA) is 101 Å². The van der Waals surface area contributed by atoms with Gasteiger partial charge in [0.1, 0.15) is 5.60 Å². The van der Waals surface area contributed by atoms with Gasteiger partial charge in [0.25, 0.3) is 10.1 Å². The Hall–Kier alpha value is -2.59. The molecule has 5 aliphatic rings. The highest BCUT2D eigenvalue weighted by Gasteiger charge is 2.74. The Morgan fingerprint density at radius 3 is 2.65 bits per heavy atom. The normalized spacial score (nSPS) is 29.8. The number of ether oxygens (including phenoxy) is 2. The van der Waals surface area contributed by atoms with Crippen molar-refractivity contribution in [2.45, 2.75) is 68.6 Å². The smallest absolute Gasteiger partial charge is 0.261 e. The fraction of sp³-hybridized carbons (Fsp3) is 0.548. The van der Waals surface area contributed by atoms with Crippen LogP contribution in [0.15, 0.2) is 36.4 Å². The zero-order valence-corrected chi connectivity index (χ0v) is 24.2. The molecule has 1 saturated heterocycles. The van der Waals surface area contributed by atoms with Crippen molar-refractivity contribution in [3.63, 3.8) is 0 Å². The summed E-state index contributed by atoms with van der Waals surface area (Å²) in [7, 11) is -1.48. The number of aromatic nitrogens is 1. The summed E-state index contributed by atoms with van der Waals surface area (Å²) in [6, 6.07) is 13.1. The molecule has 0 amide bonds. The first-order chi connectivity index (χ1) is 19.1. The molecule has 8 nitrogen and oxygen atoms in total. The minimum atomic E-state index is -3.67. The lowest BCUT2D eigenvalue weighted by atomic mass is 9.48. The first-order valence-corrected chi connectivity index (χ1v) is 16.3. The summed E-state index contributed by atoms with van der Waals surface area (Å²) in [4.78, 5) is 2.78. The van der Waals surface area contributed by atoms with Crippen LogP contribution in [0.3, 0.4) is 0 Å². The van der Waals surface area contributed by atoms with Crippen LogP contribution >= 0.6 is 0 Å². The predicted molar refractivity (Wildman–Crippen MR) is 153 cm³/mol. The lowest BCUT2D eigenvalue weighted by Gasteiger charge is -2.64. The predicted octanol–water partition coefficient (Wildman–Crippen LogP) is 4.52.